The molecule has 41 heavy (non-hydrogen) atoms. The number of H-pyrrole nitrogens is 1. The molecule has 0 amide bonds. The van der Waals surface area contributed by atoms with Crippen LogP contribution >= 0.6 is 11.3 Å². The highest BCUT2D eigenvalue weighted by atomic mass is 32.2. The number of ether oxygens (including phenoxy) is 2. The van der Waals surface area contributed by atoms with Crippen molar-refractivity contribution >= 4 is 38.2 Å². The zero-order chi connectivity index (χ0) is 28.8. The Balaban J connectivity index is 1.28. The quantitative estimate of drug-likeness (QED) is 0.221. The molecule has 0 aliphatic heterocycles. The number of rotatable bonds is 11. The van der Waals surface area contributed by atoms with Gasteiger partial charge in [-0.3, -0.25) is 14.6 Å². The first kappa shape index (κ1) is 28.1. The summed E-state index contributed by atoms with van der Waals surface area (Å²) in [6.45, 7) is 2.16. The summed E-state index contributed by atoms with van der Waals surface area (Å²) in [5, 5.41) is 7.38. The largest absolute Gasteiger partial charge is 0.489 e. The molecular weight excluding hydrogens is 564 g/mol. The summed E-state index contributed by atoms with van der Waals surface area (Å²) in [6.07, 6.45) is -0.156. The van der Waals surface area contributed by atoms with E-state index in [-0.39, 0.29) is 29.5 Å². The summed E-state index contributed by atoms with van der Waals surface area (Å²) in [7, 11) is -4.15. The molecule has 2 heterocycles. The lowest BCUT2D eigenvalue weighted by atomic mass is 10.1. The van der Waals surface area contributed by atoms with Gasteiger partial charge in [-0.05, 0) is 48.9 Å². The zero-order valence-electron chi connectivity index (χ0n) is 21.9. The van der Waals surface area contributed by atoms with Crippen LogP contribution in [0.5, 0.6) is 5.75 Å². The minimum atomic E-state index is -4.15. The number of fused-ring (bicyclic) bond motifs is 1. The maximum absolute atomic E-state index is 13.2. The van der Waals surface area contributed by atoms with Gasteiger partial charge in [0.15, 0.2) is 0 Å². The van der Waals surface area contributed by atoms with Crippen LogP contribution in [0.4, 0.5) is 0 Å². The average Bonchev–Trinajstić information content (AvgIpc) is 3.39. The number of carbonyl (C=O) groups excluding carboxylic acids is 1. The van der Waals surface area contributed by atoms with Gasteiger partial charge in [-0.1, -0.05) is 59.9 Å². The Bertz CT molecular complexity index is 1820. The van der Waals surface area contributed by atoms with E-state index < -0.39 is 26.9 Å². The third-order valence-corrected chi connectivity index (χ3v) is 8.38. The molecule has 12 heteroatoms. The van der Waals surface area contributed by atoms with E-state index in [1.807, 2.05) is 43.3 Å². The first-order valence-corrected chi connectivity index (χ1v) is 14.9. The van der Waals surface area contributed by atoms with Crippen molar-refractivity contribution in [1.82, 2.24) is 19.9 Å². The van der Waals surface area contributed by atoms with E-state index in [9.17, 15) is 18.0 Å². The number of aromatic amines is 1. The molecule has 0 saturated carbocycles. The summed E-state index contributed by atoms with van der Waals surface area (Å²) in [6, 6.07) is 23.3. The third-order valence-electron chi connectivity index (χ3n) is 6.13. The second-order valence-electron chi connectivity index (χ2n) is 9.18. The summed E-state index contributed by atoms with van der Waals surface area (Å²) in [4.78, 5) is 28.6. The highest BCUT2D eigenvalue weighted by Gasteiger charge is 2.28. The van der Waals surface area contributed by atoms with E-state index in [1.54, 1.807) is 36.4 Å². The number of aromatic nitrogens is 3. The number of hydrogen-bond donors (Lipinski definition) is 2. The van der Waals surface area contributed by atoms with Crippen LogP contribution in [0.3, 0.4) is 0 Å². The van der Waals surface area contributed by atoms with Crippen molar-refractivity contribution in [2.24, 2.45) is 0 Å². The molecule has 0 spiro atoms. The molecule has 0 saturated heterocycles. The predicted octanol–water partition coefficient (Wildman–Crippen LogP) is 3.90. The van der Waals surface area contributed by atoms with E-state index in [0.29, 0.717) is 5.75 Å². The van der Waals surface area contributed by atoms with Crippen molar-refractivity contribution in [3.05, 3.63) is 116 Å². The Morgan fingerprint density at radius 1 is 1.00 bits per heavy atom. The maximum atomic E-state index is 13.2. The van der Waals surface area contributed by atoms with Gasteiger partial charge in [0.05, 0.1) is 10.4 Å². The molecule has 3 aromatic carbocycles. The van der Waals surface area contributed by atoms with Gasteiger partial charge >= 0.3 is 10.8 Å². The molecule has 0 aliphatic carbocycles. The number of pyridine rings is 1. The highest BCUT2D eigenvalue weighted by molar-refractivity contribution is 7.89. The zero-order valence-corrected chi connectivity index (χ0v) is 23.6. The van der Waals surface area contributed by atoms with Gasteiger partial charge in [-0.25, -0.2) is 13.5 Å². The summed E-state index contributed by atoms with van der Waals surface area (Å²) >= 11 is 0.791. The number of hydrogen-bond acceptors (Lipinski definition) is 9. The van der Waals surface area contributed by atoms with E-state index in [1.165, 1.54) is 12.1 Å². The number of benzene rings is 3. The molecule has 0 radical (unpaired) electrons. The number of nitrogens with one attached hydrogen (secondary N) is 2. The van der Waals surface area contributed by atoms with Crippen molar-refractivity contribution in [2.75, 3.05) is 0 Å². The van der Waals surface area contributed by atoms with Crippen LogP contribution < -0.4 is 14.3 Å². The molecule has 10 nitrogen and oxygen atoms in total. The van der Waals surface area contributed by atoms with E-state index in [2.05, 4.69) is 19.9 Å². The monoisotopic (exact) mass is 590 g/mol. The van der Waals surface area contributed by atoms with Gasteiger partial charge in [0, 0.05) is 23.1 Å². The second kappa shape index (κ2) is 12.4. The normalized spacial score (nSPS) is 12.2. The van der Waals surface area contributed by atoms with Crippen LogP contribution in [0.1, 0.15) is 21.8 Å². The summed E-state index contributed by atoms with van der Waals surface area (Å²) < 4.78 is 40.2. The molecule has 0 bridgehead atoms. The smallest absolute Gasteiger partial charge is 0.324 e. The molecule has 0 fully saturated rings. The van der Waals surface area contributed by atoms with Crippen molar-refractivity contribution in [3.63, 3.8) is 0 Å². The van der Waals surface area contributed by atoms with Crippen molar-refractivity contribution in [2.45, 2.75) is 37.5 Å². The lowest BCUT2D eigenvalue weighted by molar-refractivity contribution is -0.147. The lowest BCUT2D eigenvalue weighted by Crippen LogP contribution is -2.43. The first-order chi connectivity index (χ1) is 19.8. The fourth-order valence-electron chi connectivity index (χ4n) is 4.17. The summed E-state index contributed by atoms with van der Waals surface area (Å²) in [5.74, 6) is -0.317. The van der Waals surface area contributed by atoms with Gasteiger partial charge in [-0.15, -0.1) is 0 Å². The minimum absolute atomic E-state index is 0.0347. The second-order valence-corrected chi connectivity index (χ2v) is 11.9. The molecule has 2 aromatic heterocycles. The van der Waals surface area contributed by atoms with Crippen LogP contribution in [0.25, 0.3) is 10.9 Å². The lowest BCUT2D eigenvalue weighted by Gasteiger charge is -2.17. The van der Waals surface area contributed by atoms with Gasteiger partial charge < -0.3 is 9.47 Å². The molecular formula is C29H26N4O6S2. The Labute approximate surface area is 240 Å². The van der Waals surface area contributed by atoms with Crippen molar-refractivity contribution in [3.8, 4) is 5.75 Å². The fraction of sp³-hybridized carbons (Fsp3) is 0.172. The van der Waals surface area contributed by atoms with Gasteiger partial charge in [0.25, 0.3) is 0 Å². The van der Waals surface area contributed by atoms with Crippen LogP contribution in [-0.4, -0.2) is 35.6 Å². The Kier molecular flexibility index (Phi) is 8.53. The Hall–Kier alpha value is -4.39. The topological polar surface area (TPSA) is 140 Å². The number of nitrogens with zero attached hydrogens (tertiary/aromatic N) is 2. The third kappa shape index (κ3) is 7.23. The molecule has 0 aliphatic rings. The SMILES string of the molecule is Cc1cc(COc2ccc(S(=O)(=O)N[C@@H](Cc3n[nH]c(=O)s3)C(=O)OCc3ccccc3)cc2)c2ccccc2n1. The van der Waals surface area contributed by atoms with E-state index >= 15 is 0 Å². The molecule has 1 atom stereocenters. The van der Waals surface area contributed by atoms with Gasteiger partial charge in [-0.2, -0.15) is 9.82 Å². The molecule has 0 unspecified atom stereocenters. The van der Waals surface area contributed by atoms with E-state index in [4.69, 9.17) is 9.47 Å². The number of sulfonamides is 1. The number of carbonyl (C=O) groups is 1. The van der Waals surface area contributed by atoms with Crippen molar-refractivity contribution in [1.29, 1.82) is 0 Å². The standard InChI is InChI=1S/C29H26N4O6S2/c1-19-15-21(24-9-5-6-10-25(24)30-19)18-38-22-11-13-23(14-12-22)41(36,37)33-26(16-27-31-32-29(35)40-27)28(34)39-17-20-7-3-2-4-8-20/h2-15,26,33H,16-18H2,1H3,(H,32,35)/t26-/m0/s1. The van der Waals surface area contributed by atoms with Gasteiger partial charge in [0.2, 0.25) is 10.0 Å². The number of para-hydroxylation sites is 1. The molecule has 5 rings (SSSR count). The number of esters is 1. The predicted molar refractivity (Wildman–Crippen MR) is 154 cm³/mol. The van der Waals surface area contributed by atoms with E-state index in [0.717, 1.165) is 39.1 Å². The van der Waals surface area contributed by atoms with Crippen molar-refractivity contribution < 1.29 is 22.7 Å². The molecule has 210 valence electrons. The first-order valence-electron chi connectivity index (χ1n) is 12.6. The maximum Gasteiger partial charge on any atom is 0.324 e. The van der Waals surface area contributed by atoms with Gasteiger partial charge in [0.1, 0.15) is 30.0 Å². The molecule has 2 N–H and O–H groups in total. The van der Waals surface area contributed by atoms with Crippen LogP contribution in [0.15, 0.2) is 94.6 Å². The fourth-order valence-corrected chi connectivity index (χ4v) is 6.00. The van der Waals surface area contributed by atoms with Crippen LogP contribution in [0, 0.1) is 6.92 Å². The van der Waals surface area contributed by atoms with Crippen LogP contribution in [0.2, 0.25) is 0 Å². The summed E-state index contributed by atoms with van der Waals surface area (Å²) in [5.41, 5.74) is 3.45. The Morgan fingerprint density at radius 2 is 1.73 bits per heavy atom. The number of aryl methyl sites for hydroxylation is 1. The molecule has 5 aromatic rings. The highest BCUT2D eigenvalue weighted by Crippen LogP contribution is 2.22. The Morgan fingerprint density at radius 3 is 2.46 bits per heavy atom. The van der Waals surface area contributed by atoms with Crippen LogP contribution in [-0.2, 0) is 39.2 Å². The minimum Gasteiger partial charge on any atom is -0.489 e. The average molecular weight is 591 g/mol.